The van der Waals surface area contributed by atoms with Crippen molar-refractivity contribution < 1.29 is 24.9 Å². The average Bonchev–Trinajstić information content (AvgIpc) is 2.86. The molecule has 0 bridgehead atoms. The molecule has 10 nitrogen and oxygen atoms in total. The van der Waals surface area contributed by atoms with Gasteiger partial charge in [-0.05, 0) is 5.92 Å². The van der Waals surface area contributed by atoms with Crippen LogP contribution in [0.1, 0.15) is 26.5 Å². The van der Waals surface area contributed by atoms with Crippen molar-refractivity contribution in [2.45, 2.75) is 38.7 Å². The molecule has 24 heavy (non-hydrogen) atoms. The van der Waals surface area contributed by atoms with E-state index in [1.165, 1.54) is 16.8 Å². The van der Waals surface area contributed by atoms with E-state index in [0.717, 1.165) is 0 Å². The predicted molar refractivity (Wildman–Crippen MR) is 83.8 cm³/mol. The van der Waals surface area contributed by atoms with Gasteiger partial charge in [0.05, 0.1) is 12.7 Å². The van der Waals surface area contributed by atoms with Crippen molar-refractivity contribution >= 4 is 6.09 Å². The summed E-state index contributed by atoms with van der Waals surface area (Å²) < 4.78 is 6.45. The number of nitrogens with one attached hydrogen (secondary N) is 2. The zero-order valence-corrected chi connectivity index (χ0v) is 13.5. The van der Waals surface area contributed by atoms with Crippen LogP contribution in [0.25, 0.3) is 0 Å². The highest BCUT2D eigenvalue weighted by molar-refractivity contribution is 5.64. The fourth-order valence-electron chi connectivity index (χ4n) is 2.00. The first-order valence-electron chi connectivity index (χ1n) is 7.47. The first-order chi connectivity index (χ1) is 11.2. The third kappa shape index (κ3) is 6.14. The van der Waals surface area contributed by atoms with Crippen LogP contribution >= 0.6 is 0 Å². The Balaban J connectivity index is 0.000000307. The van der Waals surface area contributed by atoms with Crippen LogP contribution < -0.4 is 16.6 Å². The van der Waals surface area contributed by atoms with Gasteiger partial charge in [0.15, 0.2) is 0 Å². The van der Waals surface area contributed by atoms with Crippen LogP contribution in [-0.2, 0) is 4.74 Å². The van der Waals surface area contributed by atoms with Gasteiger partial charge < -0.3 is 25.4 Å². The smallest absolute Gasteiger partial charge is 0.404 e. The van der Waals surface area contributed by atoms with Crippen molar-refractivity contribution in [3.05, 3.63) is 33.1 Å². The lowest BCUT2D eigenvalue weighted by Crippen LogP contribution is -2.31. The summed E-state index contributed by atoms with van der Waals surface area (Å²) in [6.07, 6.45) is -1.59. The SMILES string of the molecule is CC(C)CNC(=O)O.O=c1ccn([C@H]2C[C@H](O)[C@@H](CO)O2)c(=O)[nH]1. The normalized spacial score (nSPS) is 22.8. The van der Waals surface area contributed by atoms with Crippen LogP contribution in [0.2, 0.25) is 0 Å². The highest BCUT2D eigenvalue weighted by Crippen LogP contribution is 2.26. The maximum atomic E-state index is 11.4. The predicted octanol–water partition coefficient (Wildman–Crippen LogP) is -0.913. The lowest BCUT2D eigenvalue weighted by atomic mass is 10.2. The minimum Gasteiger partial charge on any atom is -0.465 e. The molecule has 1 aliphatic rings. The second-order valence-corrected chi connectivity index (χ2v) is 5.71. The number of amides is 1. The Morgan fingerprint density at radius 3 is 2.58 bits per heavy atom. The molecular weight excluding hydrogens is 322 g/mol. The Bertz CT molecular complexity index is 640. The van der Waals surface area contributed by atoms with Gasteiger partial charge in [0.1, 0.15) is 12.3 Å². The second kappa shape index (κ2) is 9.21. The summed E-state index contributed by atoms with van der Waals surface area (Å²) in [4.78, 5) is 34.1. The number of carboxylic acid groups (broad SMARTS) is 1. The number of aromatic amines is 1. The number of aromatic nitrogens is 2. The molecule has 1 aromatic heterocycles. The van der Waals surface area contributed by atoms with Crippen molar-refractivity contribution in [1.29, 1.82) is 0 Å². The molecule has 2 heterocycles. The fraction of sp³-hybridized carbons (Fsp3) is 0.643. The van der Waals surface area contributed by atoms with Gasteiger partial charge in [-0.2, -0.15) is 0 Å². The maximum absolute atomic E-state index is 11.4. The summed E-state index contributed by atoms with van der Waals surface area (Å²) in [5, 5.41) is 28.7. The van der Waals surface area contributed by atoms with Gasteiger partial charge in [-0.3, -0.25) is 14.3 Å². The number of H-pyrrole nitrogens is 1. The monoisotopic (exact) mass is 345 g/mol. The molecule has 0 unspecified atom stereocenters. The molecular formula is C14H23N3O7. The van der Waals surface area contributed by atoms with E-state index in [-0.39, 0.29) is 13.0 Å². The lowest BCUT2D eigenvalue weighted by Gasteiger charge is -2.13. The first-order valence-corrected chi connectivity index (χ1v) is 7.47. The molecule has 1 amide bonds. The molecule has 136 valence electrons. The summed E-state index contributed by atoms with van der Waals surface area (Å²) in [6.45, 7) is 4.14. The number of aliphatic hydroxyl groups excluding tert-OH is 2. The maximum Gasteiger partial charge on any atom is 0.404 e. The highest BCUT2D eigenvalue weighted by atomic mass is 16.5. The third-order valence-corrected chi connectivity index (χ3v) is 3.21. The standard InChI is InChI=1S/C9H12N2O5.C5H11NO2/c12-4-6-5(13)3-8(16-6)11-2-1-7(14)10-9(11)15;1-4(2)3-6-5(7)8/h1-2,5-6,8,12-13H,3-4H2,(H,10,14,15);4,6H,3H2,1-2H3,(H,7,8)/t5-,6+,8+;/m0./s1. The second-order valence-electron chi connectivity index (χ2n) is 5.71. The molecule has 0 spiro atoms. The zero-order chi connectivity index (χ0) is 18.3. The number of ether oxygens (including phenoxy) is 1. The fourth-order valence-corrected chi connectivity index (χ4v) is 2.00. The third-order valence-electron chi connectivity index (χ3n) is 3.21. The molecule has 5 N–H and O–H groups in total. The summed E-state index contributed by atoms with van der Waals surface area (Å²) >= 11 is 0. The van der Waals surface area contributed by atoms with Crippen LogP contribution in [0.4, 0.5) is 4.79 Å². The zero-order valence-electron chi connectivity index (χ0n) is 13.5. The van der Waals surface area contributed by atoms with Gasteiger partial charge >= 0.3 is 11.8 Å². The summed E-state index contributed by atoms with van der Waals surface area (Å²) in [7, 11) is 0. The Kier molecular flexibility index (Phi) is 7.62. The molecule has 0 saturated carbocycles. The summed E-state index contributed by atoms with van der Waals surface area (Å²) in [6, 6.07) is 1.20. The van der Waals surface area contributed by atoms with Crippen molar-refractivity contribution in [1.82, 2.24) is 14.9 Å². The van der Waals surface area contributed by atoms with Gasteiger partial charge in [-0.25, -0.2) is 9.59 Å². The molecule has 1 aromatic rings. The van der Waals surface area contributed by atoms with Crippen LogP contribution in [-0.4, -0.2) is 56.3 Å². The molecule has 0 aromatic carbocycles. The minimum atomic E-state index is -0.946. The number of aliphatic hydroxyl groups is 2. The Hall–Kier alpha value is -2.17. The Morgan fingerprint density at radius 1 is 1.50 bits per heavy atom. The van der Waals surface area contributed by atoms with E-state index < -0.39 is 35.8 Å². The largest absolute Gasteiger partial charge is 0.465 e. The first kappa shape index (κ1) is 19.9. The number of rotatable bonds is 4. The molecule has 1 saturated heterocycles. The van der Waals surface area contributed by atoms with Gasteiger partial charge in [0.2, 0.25) is 0 Å². The molecule has 1 aliphatic heterocycles. The molecule has 10 heteroatoms. The van der Waals surface area contributed by atoms with Gasteiger partial charge in [0.25, 0.3) is 5.56 Å². The molecule has 1 fully saturated rings. The van der Waals surface area contributed by atoms with Gasteiger partial charge in [0, 0.05) is 25.2 Å². The van der Waals surface area contributed by atoms with E-state index in [9.17, 15) is 19.5 Å². The van der Waals surface area contributed by atoms with Crippen LogP contribution in [0.15, 0.2) is 21.9 Å². The molecule has 3 atom stereocenters. The van der Waals surface area contributed by atoms with E-state index >= 15 is 0 Å². The van der Waals surface area contributed by atoms with E-state index in [1.807, 2.05) is 13.8 Å². The number of hydrogen-bond acceptors (Lipinski definition) is 6. The van der Waals surface area contributed by atoms with Crippen LogP contribution in [0.5, 0.6) is 0 Å². The van der Waals surface area contributed by atoms with Crippen molar-refractivity contribution in [3.63, 3.8) is 0 Å². The van der Waals surface area contributed by atoms with Crippen LogP contribution in [0, 0.1) is 5.92 Å². The van der Waals surface area contributed by atoms with E-state index in [1.54, 1.807) is 0 Å². The molecule has 0 radical (unpaired) electrons. The molecule has 2 rings (SSSR count). The Morgan fingerprint density at radius 2 is 2.17 bits per heavy atom. The number of nitrogens with zero attached hydrogens (tertiary/aromatic N) is 1. The minimum absolute atomic E-state index is 0.206. The molecule has 0 aliphatic carbocycles. The van der Waals surface area contributed by atoms with Crippen molar-refractivity contribution in [2.24, 2.45) is 5.92 Å². The van der Waals surface area contributed by atoms with Gasteiger partial charge in [-0.1, -0.05) is 13.8 Å². The van der Waals surface area contributed by atoms with E-state index in [2.05, 4.69) is 10.3 Å². The van der Waals surface area contributed by atoms with Gasteiger partial charge in [-0.15, -0.1) is 0 Å². The van der Waals surface area contributed by atoms with Crippen molar-refractivity contribution in [2.75, 3.05) is 13.2 Å². The topological polar surface area (TPSA) is 154 Å². The van der Waals surface area contributed by atoms with E-state index in [0.29, 0.717) is 12.5 Å². The summed E-state index contributed by atoms with van der Waals surface area (Å²) in [5.74, 6) is 0.395. The Labute approximate surface area is 137 Å². The number of hydrogen-bond donors (Lipinski definition) is 5. The van der Waals surface area contributed by atoms with Crippen molar-refractivity contribution in [3.8, 4) is 0 Å². The summed E-state index contributed by atoms with van der Waals surface area (Å²) in [5.41, 5.74) is -1.08. The quantitative estimate of drug-likeness (QED) is 0.473. The lowest BCUT2D eigenvalue weighted by molar-refractivity contribution is -0.0459. The number of carbonyl (C=O) groups is 1. The highest BCUT2D eigenvalue weighted by Gasteiger charge is 2.34. The average molecular weight is 345 g/mol. The van der Waals surface area contributed by atoms with E-state index in [4.69, 9.17) is 14.9 Å². The van der Waals surface area contributed by atoms with Crippen LogP contribution in [0.3, 0.4) is 0 Å².